The molecule has 0 unspecified atom stereocenters. The average Bonchev–Trinajstić information content (AvgIpc) is 3.46. The van der Waals surface area contributed by atoms with Gasteiger partial charge in [-0.25, -0.2) is 18.2 Å². The molecule has 16 heteroatoms. The van der Waals surface area contributed by atoms with Crippen molar-refractivity contribution < 1.29 is 36.6 Å². The summed E-state index contributed by atoms with van der Waals surface area (Å²) in [5, 5.41) is 10.8. The summed E-state index contributed by atoms with van der Waals surface area (Å²) in [6.07, 6.45) is 7.18. The summed E-state index contributed by atoms with van der Waals surface area (Å²) in [6.45, 7) is -3.00. The first-order valence-corrected chi connectivity index (χ1v) is 16.0. The summed E-state index contributed by atoms with van der Waals surface area (Å²) < 4.78 is 67.1. The highest BCUT2D eigenvalue weighted by Gasteiger charge is 2.60. The molecule has 0 radical (unpaired) electrons. The Morgan fingerprint density at radius 2 is 1.95 bits per heavy atom. The van der Waals surface area contributed by atoms with Gasteiger partial charge in [-0.1, -0.05) is 29.3 Å². The number of ether oxygens (including phenoxy) is 2. The van der Waals surface area contributed by atoms with Crippen molar-refractivity contribution in [2.24, 2.45) is 13.0 Å². The van der Waals surface area contributed by atoms with Crippen molar-refractivity contribution in [3.8, 4) is 11.5 Å². The molecule has 1 saturated carbocycles. The number of carboxylic acids is 1. The maximum absolute atomic E-state index is 14.0. The zero-order valence-electron chi connectivity index (χ0n) is 22.1. The molecular weight excluding hydrogens is 637 g/mol. The Labute approximate surface area is 255 Å². The van der Waals surface area contributed by atoms with Crippen LogP contribution in [0.2, 0.25) is 10.0 Å². The SMILES string of the molecule is Cn1ccnc1S(=O)(=O)N1CCS[C@]1(C(=O)O)[C@@H](Cc1c(Cl)cncc1Cl)c1ccc(OC(F)F)c(OCC2CC2)c1. The summed E-state index contributed by atoms with van der Waals surface area (Å²) in [6, 6.07) is 4.10. The number of aryl methyl sites for hydroxylation is 1. The molecule has 226 valence electrons. The Balaban J connectivity index is 1.69. The van der Waals surface area contributed by atoms with Gasteiger partial charge in [-0.05, 0) is 48.4 Å². The molecule has 1 saturated heterocycles. The van der Waals surface area contributed by atoms with E-state index in [2.05, 4.69) is 14.7 Å². The first kappa shape index (κ1) is 30.8. The number of thioether (sulfide) groups is 1. The maximum atomic E-state index is 14.0. The number of aromatic nitrogens is 3. The maximum Gasteiger partial charge on any atom is 0.387 e. The lowest BCUT2D eigenvalue weighted by Gasteiger charge is -2.39. The fraction of sp³-hybridized carbons (Fsp3) is 0.423. The van der Waals surface area contributed by atoms with Crippen molar-refractivity contribution in [2.45, 2.75) is 41.8 Å². The fourth-order valence-electron chi connectivity index (χ4n) is 4.97. The number of carbonyl (C=O) groups is 1. The van der Waals surface area contributed by atoms with Gasteiger partial charge in [0.25, 0.3) is 10.0 Å². The molecule has 3 aromatic rings. The van der Waals surface area contributed by atoms with Gasteiger partial charge in [0.15, 0.2) is 16.4 Å². The Morgan fingerprint density at radius 3 is 2.55 bits per heavy atom. The molecule has 2 atom stereocenters. The van der Waals surface area contributed by atoms with Crippen LogP contribution < -0.4 is 9.47 Å². The summed E-state index contributed by atoms with van der Waals surface area (Å²) in [4.78, 5) is 19.2. The van der Waals surface area contributed by atoms with Gasteiger partial charge in [-0.15, -0.1) is 11.8 Å². The van der Waals surface area contributed by atoms with E-state index in [9.17, 15) is 27.1 Å². The van der Waals surface area contributed by atoms with E-state index in [1.807, 2.05) is 0 Å². The van der Waals surface area contributed by atoms with E-state index in [1.165, 1.54) is 54.6 Å². The molecule has 2 fully saturated rings. The van der Waals surface area contributed by atoms with Crippen LogP contribution in [0.1, 0.15) is 29.9 Å². The number of hydrogen-bond acceptors (Lipinski definition) is 8. The number of sulfonamides is 1. The third-order valence-electron chi connectivity index (χ3n) is 7.18. The number of aliphatic carboxylic acids is 1. The molecule has 0 amide bonds. The molecule has 0 spiro atoms. The van der Waals surface area contributed by atoms with Gasteiger partial charge in [0.2, 0.25) is 5.16 Å². The quantitative estimate of drug-likeness (QED) is 0.283. The fourth-order valence-corrected chi connectivity index (χ4v) is 9.13. The van der Waals surface area contributed by atoms with Gasteiger partial charge >= 0.3 is 12.6 Å². The Kier molecular flexibility index (Phi) is 8.91. The normalized spacial score (nSPS) is 20.1. The molecule has 5 rings (SSSR count). The Bertz CT molecular complexity index is 1570. The number of alkyl halides is 2. The van der Waals surface area contributed by atoms with Crippen molar-refractivity contribution in [1.29, 1.82) is 0 Å². The van der Waals surface area contributed by atoms with Crippen LogP contribution in [0.25, 0.3) is 0 Å². The zero-order chi connectivity index (χ0) is 30.2. The highest BCUT2D eigenvalue weighted by molar-refractivity contribution is 8.02. The van der Waals surface area contributed by atoms with Crippen LogP contribution in [0.5, 0.6) is 11.5 Å². The summed E-state index contributed by atoms with van der Waals surface area (Å²) in [5.41, 5.74) is 0.636. The summed E-state index contributed by atoms with van der Waals surface area (Å²) in [7, 11) is -2.95. The lowest BCUT2D eigenvalue weighted by molar-refractivity contribution is -0.143. The second-order valence-corrected chi connectivity index (χ2v) is 13.8. The second-order valence-electron chi connectivity index (χ2n) is 9.93. The minimum absolute atomic E-state index is 0.0151. The van der Waals surface area contributed by atoms with E-state index >= 15 is 0 Å². The van der Waals surface area contributed by atoms with Crippen molar-refractivity contribution in [3.63, 3.8) is 0 Å². The van der Waals surface area contributed by atoms with Crippen LogP contribution in [-0.2, 0) is 28.3 Å². The molecule has 0 bridgehead atoms. The lowest BCUT2D eigenvalue weighted by atomic mass is 9.85. The number of halogens is 4. The van der Waals surface area contributed by atoms with Gasteiger partial charge < -0.3 is 19.1 Å². The predicted molar refractivity (Wildman–Crippen MR) is 152 cm³/mol. The van der Waals surface area contributed by atoms with Crippen LogP contribution in [0, 0.1) is 5.92 Å². The highest BCUT2D eigenvalue weighted by Crippen LogP contribution is 2.52. The van der Waals surface area contributed by atoms with E-state index in [0.29, 0.717) is 11.1 Å². The topological polar surface area (TPSA) is 124 Å². The largest absolute Gasteiger partial charge is 0.489 e. The Hall–Kier alpha value is -2.65. The van der Waals surface area contributed by atoms with E-state index < -0.39 is 33.4 Å². The number of carboxylic acid groups (broad SMARTS) is 1. The third-order valence-corrected chi connectivity index (χ3v) is 11.4. The van der Waals surface area contributed by atoms with Crippen LogP contribution in [0.4, 0.5) is 8.78 Å². The highest BCUT2D eigenvalue weighted by atomic mass is 35.5. The molecule has 1 N–H and O–H groups in total. The minimum Gasteiger partial charge on any atom is -0.489 e. The summed E-state index contributed by atoms with van der Waals surface area (Å²) >= 11 is 13.8. The average molecular weight is 664 g/mol. The number of hydrogen-bond donors (Lipinski definition) is 1. The van der Waals surface area contributed by atoms with Crippen molar-refractivity contribution in [1.82, 2.24) is 18.8 Å². The van der Waals surface area contributed by atoms with Gasteiger partial charge in [-0.3, -0.25) is 4.98 Å². The first-order chi connectivity index (χ1) is 19.9. The van der Waals surface area contributed by atoms with Crippen LogP contribution in [0.15, 0.2) is 48.1 Å². The monoisotopic (exact) mass is 662 g/mol. The zero-order valence-corrected chi connectivity index (χ0v) is 25.3. The molecule has 2 aliphatic rings. The molecule has 1 aliphatic carbocycles. The number of benzene rings is 1. The number of pyridine rings is 1. The molecular formula is C26H26Cl2F2N4O6S2. The minimum atomic E-state index is -4.44. The standard InChI is InChI=1S/C26H26Cl2F2N4O6S2/c1-33-7-6-32-25(33)42(37,38)34-8-9-41-26(34,23(35)36)18(11-17-19(27)12-31-13-20(17)28)16-4-5-21(40-24(29)30)22(10-16)39-14-15-2-3-15/h4-7,10,12-13,15,18,24H,2-3,8-9,11,14H2,1H3,(H,35,36)/t18-,26-/m0/s1. The van der Waals surface area contributed by atoms with E-state index in [4.69, 9.17) is 27.9 Å². The van der Waals surface area contributed by atoms with Crippen LogP contribution >= 0.6 is 35.0 Å². The van der Waals surface area contributed by atoms with Gasteiger partial charge in [-0.2, -0.15) is 13.1 Å². The van der Waals surface area contributed by atoms with Crippen molar-refractivity contribution in [2.75, 3.05) is 18.9 Å². The number of rotatable bonds is 12. The number of imidazole rings is 1. The predicted octanol–water partition coefficient (Wildman–Crippen LogP) is 5.06. The molecule has 42 heavy (non-hydrogen) atoms. The van der Waals surface area contributed by atoms with E-state index in [1.54, 1.807) is 0 Å². The van der Waals surface area contributed by atoms with E-state index in [0.717, 1.165) is 28.9 Å². The molecule has 3 heterocycles. The van der Waals surface area contributed by atoms with Gasteiger partial charge in [0.1, 0.15) is 0 Å². The molecule has 2 aromatic heterocycles. The van der Waals surface area contributed by atoms with Crippen molar-refractivity contribution >= 4 is 51.0 Å². The molecule has 1 aliphatic heterocycles. The number of nitrogens with zero attached hydrogens (tertiary/aromatic N) is 4. The van der Waals surface area contributed by atoms with E-state index in [-0.39, 0.29) is 57.9 Å². The first-order valence-electron chi connectivity index (χ1n) is 12.8. The Morgan fingerprint density at radius 1 is 1.24 bits per heavy atom. The van der Waals surface area contributed by atoms with Crippen molar-refractivity contribution in [3.05, 3.63) is 64.2 Å². The third kappa shape index (κ3) is 5.91. The summed E-state index contributed by atoms with van der Waals surface area (Å²) in [5.74, 6) is -2.39. The van der Waals surface area contributed by atoms with Gasteiger partial charge in [0, 0.05) is 50.1 Å². The smallest absolute Gasteiger partial charge is 0.387 e. The molecule has 10 nitrogen and oxygen atoms in total. The second kappa shape index (κ2) is 12.2. The van der Waals surface area contributed by atoms with Gasteiger partial charge in [0.05, 0.1) is 16.7 Å². The van der Waals surface area contributed by atoms with Crippen LogP contribution in [-0.4, -0.2) is 68.7 Å². The lowest BCUT2D eigenvalue weighted by Crippen LogP contribution is -2.55. The molecule has 1 aromatic carbocycles. The van der Waals surface area contributed by atoms with Crippen LogP contribution in [0.3, 0.4) is 0 Å².